The van der Waals surface area contributed by atoms with E-state index in [1.54, 1.807) is 55.4 Å². The van der Waals surface area contributed by atoms with Gasteiger partial charge in [-0.2, -0.15) is 5.10 Å². The summed E-state index contributed by atoms with van der Waals surface area (Å²) in [6.07, 6.45) is 7.22. The van der Waals surface area contributed by atoms with Gasteiger partial charge in [-0.1, -0.05) is 30.5 Å². The molecular formula is C29H30ClN7O4. The van der Waals surface area contributed by atoms with E-state index in [4.69, 9.17) is 26.4 Å². The topological polar surface area (TPSA) is 128 Å². The van der Waals surface area contributed by atoms with Gasteiger partial charge in [0.15, 0.2) is 11.6 Å². The van der Waals surface area contributed by atoms with Crippen LogP contribution in [0.25, 0.3) is 22.8 Å². The number of aromatic nitrogens is 4. The van der Waals surface area contributed by atoms with Crippen molar-refractivity contribution >= 4 is 29.0 Å². The van der Waals surface area contributed by atoms with Gasteiger partial charge in [0.1, 0.15) is 5.75 Å². The molecule has 0 radical (unpaired) electrons. The minimum atomic E-state index is -0.447. The van der Waals surface area contributed by atoms with E-state index in [2.05, 4.69) is 10.3 Å². The van der Waals surface area contributed by atoms with E-state index < -0.39 is 4.92 Å². The number of anilines is 1. The van der Waals surface area contributed by atoms with Crippen molar-refractivity contribution in [2.75, 3.05) is 19.0 Å². The number of ether oxygens (including phenoxy) is 1. The van der Waals surface area contributed by atoms with Gasteiger partial charge >= 0.3 is 6.03 Å². The van der Waals surface area contributed by atoms with E-state index in [-0.39, 0.29) is 17.8 Å². The van der Waals surface area contributed by atoms with Gasteiger partial charge in [-0.15, -0.1) is 0 Å². The average molecular weight is 576 g/mol. The molecule has 0 unspecified atom stereocenters. The molecule has 0 aliphatic heterocycles. The SMILES string of the molecule is COc1ccc(-c2nc(-c3ccncc3)nn2CCN(C(=O)Nc2cccc([N+](=O)[O-])c2C)C2CCCC2)cc1Cl. The summed E-state index contributed by atoms with van der Waals surface area (Å²) in [5.41, 5.74) is 2.36. The molecule has 5 rings (SSSR count). The number of carbonyl (C=O) groups is 1. The van der Waals surface area contributed by atoms with Crippen molar-refractivity contribution in [1.82, 2.24) is 24.6 Å². The number of amides is 2. The monoisotopic (exact) mass is 575 g/mol. The first-order valence-corrected chi connectivity index (χ1v) is 13.7. The number of hydrogen-bond acceptors (Lipinski definition) is 7. The summed E-state index contributed by atoms with van der Waals surface area (Å²) in [4.78, 5) is 35.3. The second-order valence-electron chi connectivity index (χ2n) is 9.84. The number of rotatable bonds is 9. The van der Waals surface area contributed by atoms with Gasteiger partial charge in [0.05, 0.1) is 34.9 Å². The zero-order valence-corrected chi connectivity index (χ0v) is 23.5. The average Bonchev–Trinajstić information content (AvgIpc) is 3.66. The molecule has 0 atom stereocenters. The number of carbonyl (C=O) groups excluding carboxylic acids is 1. The highest BCUT2D eigenvalue weighted by molar-refractivity contribution is 6.32. The molecule has 2 aromatic carbocycles. The molecule has 4 aromatic rings. The Balaban J connectivity index is 1.44. The minimum absolute atomic E-state index is 0.0377. The standard InChI is InChI=1S/C29H30ClN7O4/c1-19-24(8-5-9-25(19)37(39)40)32-29(38)35(22-6-3-4-7-22)16-17-36-28(21-10-11-26(41-2)23(30)18-21)33-27(34-36)20-12-14-31-15-13-20/h5,8-15,18,22H,3-4,6-7,16-17H2,1-2H3,(H,32,38). The first-order valence-electron chi connectivity index (χ1n) is 13.4. The van der Waals surface area contributed by atoms with E-state index in [1.165, 1.54) is 6.07 Å². The lowest BCUT2D eigenvalue weighted by Gasteiger charge is -2.29. The summed E-state index contributed by atoms with van der Waals surface area (Å²) in [5.74, 6) is 1.68. The van der Waals surface area contributed by atoms with Crippen LogP contribution in [0.4, 0.5) is 16.2 Å². The first kappa shape index (κ1) is 28.0. The molecule has 0 bridgehead atoms. The third-order valence-corrected chi connectivity index (χ3v) is 7.64. The molecule has 41 heavy (non-hydrogen) atoms. The molecule has 0 spiro atoms. The van der Waals surface area contributed by atoms with Gasteiger partial charge in [-0.25, -0.2) is 14.5 Å². The maximum Gasteiger partial charge on any atom is 0.322 e. The van der Waals surface area contributed by atoms with Gasteiger partial charge in [0.25, 0.3) is 5.69 Å². The smallest absolute Gasteiger partial charge is 0.322 e. The number of nitro benzene ring substituents is 1. The Morgan fingerprint density at radius 3 is 2.61 bits per heavy atom. The summed E-state index contributed by atoms with van der Waals surface area (Å²) in [6.45, 7) is 2.37. The quantitative estimate of drug-likeness (QED) is 0.181. The Hall–Kier alpha value is -4.51. The Kier molecular flexibility index (Phi) is 8.44. The highest BCUT2D eigenvalue weighted by Crippen LogP contribution is 2.31. The fourth-order valence-electron chi connectivity index (χ4n) is 5.15. The molecule has 2 amide bonds. The van der Waals surface area contributed by atoms with Crippen LogP contribution in [0, 0.1) is 17.0 Å². The van der Waals surface area contributed by atoms with Crippen molar-refractivity contribution in [2.45, 2.75) is 45.2 Å². The molecule has 2 heterocycles. The fourth-order valence-corrected chi connectivity index (χ4v) is 5.41. The van der Waals surface area contributed by atoms with Crippen LogP contribution in [0.3, 0.4) is 0 Å². The van der Waals surface area contributed by atoms with Gasteiger partial charge in [0.2, 0.25) is 0 Å². The molecule has 1 aliphatic carbocycles. The summed E-state index contributed by atoms with van der Waals surface area (Å²) >= 11 is 6.44. The summed E-state index contributed by atoms with van der Waals surface area (Å²) in [7, 11) is 1.56. The zero-order valence-electron chi connectivity index (χ0n) is 22.8. The number of methoxy groups -OCH3 is 1. The molecule has 1 N–H and O–H groups in total. The first-order chi connectivity index (χ1) is 19.9. The summed E-state index contributed by atoms with van der Waals surface area (Å²) in [5, 5.41) is 19.6. The van der Waals surface area contributed by atoms with Crippen LogP contribution >= 0.6 is 11.6 Å². The molecular weight excluding hydrogens is 546 g/mol. The number of nitrogens with one attached hydrogen (secondary N) is 1. The van der Waals surface area contributed by atoms with Crippen molar-refractivity contribution in [1.29, 1.82) is 0 Å². The van der Waals surface area contributed by atoms with E-state index in [0.29, 0.717) is 46.8 Å². The molecule has 12 heteroatoms. The largest absolute Gasteiger partial charge is 0.495 e. The van der Waals surface area contributed by atoms with Crippen LogP contribution in [-0.4, -0.2) is 55.3 Å². The van der Waals surface area contributed by atoms with Crippen molar-refractivity contribution in [3.63, 3.8) is 0 Å². The highest BCUT2D eigenvalue weighted by Gasteiger charge is 2.28. The van der Waals surface area contributed by atoms with Crippen molar-refractivity contribution in [3.8, 4) is 28.5 Å². The molecule has 1 fully saturated rings. The lowest BCUT2D eigenvalue weighted by atomic mass is 10.1. The zero-order chi connectivity index (χ0) is 28.9. The molecule has 2 aromatic heterocycles. The Bertz CT molecular complexity index is 1550. The second-order valence-corrected chi connectivity index (χ2v) is 10.2. The molecule has 1 aliphatic rings. The maximum absolute atomic E-state index is 13.6. The van der Waals surface area contributed by atoms with E-state index in [9.17, 15) is 14.9 Å². The van der Waals surface area contributed by atoms with Crippen molar-refractivity contribution in [3.05, 3.63) is 81.6 Å². The number of pyridine rings is 1. The van der Waals surface area contributed by atoms with Crippen molar-refractivity contribution < 1.29 is 14.5 Å². The number of halogens is 1. The Morgan fingerprint density at radius 2 is 1.93 bits per heavy atom. The number of nitrogens with zero attached hydrogens (tertiary/aromatic N) is 6. The maximum atomic E-state index is 13.6. The summed E-state index contributed by atoms with van der Waals surface area (Å²) in [6, 6.07) is 13.5. The molecule has 11 nitrogen and oxygen atoms in total. The summed E-state index contributed by atoms with van der Waals surface area (Å²) < 4.78 is 7.09. The number of urea groups is 1. The van der Waals surface area contributed by atoms with E-state index in [0.717, 1.165) is 36.8 Å². The van der Waals surface area contributed by atoms with Crippen LogP contribution in [0.2, 0.25) is 5.02 Å². The van der Waals surface area contributed by atoms with Gasteiger partial charge in [0, 0.05) is 42.2 Å². The number of benzene rings is 2. The van der Waals surface area contributed by atoms with Gasteiger partial charge < -0.3 is 15.0 Å². The van der Waals surface area contributed by atoms with Crippen LogP contribution in [0.5, 0.6) is 5.75 Å². The van der Waals surface area contributed by atoms with Gasteiger partial charge in [-0.05, 0) is 56.2 Å². The molecule has 1 saturated carbocycles. The highest BCUT2D eigenvalue weighted by atomic mass is 35.5. The van der Waals surface area contributed by atoms with Crippen LogP contribution in [0.15, 0.2) is 60.9 Å². The lowest BCUT2D eigenvalue weighted by molar-refractivity contribution is -0.385. The molecule has 0 saturated heterocycles. The lowest BCUT2D eigenvalue weighted by Crippen LogP contribution is -2.43. The van der Waals surface area contributed by atoms with E-state index >= 15 is 0 Å². The van der Waals surface area contributed by atoms with Crippen LogP contribution < -0.4 is 10.1 Å². The Labute approximate surface area is 242 Å². The number of hydrogen-bond donors (Lipinski definition) is 1. The van der Waals surface area contributed by atoms with Gasteiger partial charge in [-0.3, -0.25) is 15.1 Å². The molecule has 212 valence electrons. The predicted octanol–water partition coefficient (Wildman–Crippen LogP) is 6.36. The van der Waals surface area contributed by atoms with Crippen LogP contribution in [-0.2, 0) is 6.54 Å². The van der Waals surface area contributed by atoms with E-state index in [1.807, 2.05) is 23.1 Å². The fraction of sp³-hybridized carbons (Fsp3) is 0.310. The second kappa shape index (κ2) is 12.3. The normalized spacial score (nSPS) is 13.2. The Morgan fingerprint density at radius 1 is 1.17 bits per heavy atom. The predicted molar refractivity (Wildman–Crippen MR) is 156 cm³/mol. The minimum Gasteiger partial charge on any atom is -0.495 e. The number of nitro groups is 1. The third kappa shape index (κ3) is 6.14. The third-order valence-electron chi connectivity index (χ3n) is 7.34. The van der Waals surface area contributed by atoms with Crippen LogP contribution in [0.1, 0.15) is 31.2 Å². The van der Waals surface area contributed by atoms with Crippen molar-refractivity contribution in [2.24, 2.45) is 0 Å².